The van der Waals surface area contributed by atoms with Crippen LogP contribution in [0.4, 0.5) is 5.69 Å². The number of hydrogen-bond donors (Lipinski definition) is 2. The predicted octanol–water partition coefficient (Wildman–Crippen LogP) is 2.32. The Morgan fingerprint density at radius 2 is 1.52 bits per heavy atom. The number of benzene rings is 2. The van der Waals surface area contributed by atoms with Crippen LogP contribution in [0.2, 0.25) is 0 Å². The van der Waals surface area contributed by atoms with Crippen LogP contribution in [0, 0.1) is 6.92 Å². The molecule has 1 atom stereocenters. The fraction of sp³-hybridized carbons (Fsp3) is 0.318. The minimum absolute atomic E-state index is 0.201. The van der Waals surface area contributed by atoms with Crippen molar-refractivity contribution in [2.45, 2.75) is 20.0 Å². The molecule has 2 aromatic rings. The van der Waals surface area contributed by atoms with Crippen LogP contribution in [0.25, 0.3) is 0 Å². The molecule has 0 aliphatic carbocycles. The Bertz CT molecular complexity index is 916. The van der Waals surface area contributed by atoms with Crippen molar-refractivity contribution in [2.24, 2.45) is 0 Å². The molecule has 2 amide bonds. The monoisotopic (exact) mass is 430 g/mol. The molecule has 0 aliphatic heterocycles. The van der Waals surface area contributed by atoms with E-state index in [-0.39, 0.29) is 5.56 Å². The van der Waals surface area contributed by atoms with E-state index in [0.29, 0.717) is 22.9 Å². The first-order valence-corrected chi connectivity index (χ1v) is 9.44. The fourth-order valence-electron chi connectivity index (χ4n) is 2.64. The Morgan fingerprint density at radius 1 is 0.935 bits per heavy atom. The smallest absolute Gasteiger partial charge is 0.326 e. The number of aryl methyl sites for hydroxylation is 1. The largest absolute Gasteiger partial charge is 0.493 e. The lowest BCUT2D eigenvalue weighted by Crippen LogP contribution is -2.35. The van der Waals surface area contributed by atoms with E-state index in [1.807, 2.05) is 19.1 Å². The minimum atomic E-state index is -1.04. The van der Waals surface area contributed by atoms with Gasteiger partial charge in [0.25, 0.3) is 11.8 Å². The number of carbonyl (C=O) groups excluding carboxylic acids is 3. The summed E-state index contributed by atoms with van der Waals surface area (Å²) in [5.74, 6) is -0.838. The van der Waals surface area contributed by atoms with Crippen LogP contribution in [0.15, 0.2) is 36.4 Å². The van der Waals surface area contributed by atoms with Gasteiger partial charge in [-0.25, -0.2) is 0 Å². The third-order valence-corrected chi connectivity index (χ3v) is 4.32. The highest BCUT2D eigenvalue weighted by Gasteiger charge is 2.20. The number of amides is 2. The van der Waals surface area contributed by atoms with Crippen molar-refractivity contribution in [3.63, 3.8) is 0 Å². The molecular formula is C22H26N2O7. The summed E-state index contributed by atoms with van der Waals surface area (Å²) in [6, 6.07) is 10.1. The highest BCUT2D eigenvalue weighted by molar-refractivity contribution is 5.98. The van der Waals surface area contributed by atoms with E-state index in [9.17, 15) is 14.4 Å². The summed E-state index contributed by atoms with van der Waals surface area (Å²) in [5, 5.41) is 5.10. The number of esters is 1. The Hall–Kier alpha value is -3.75. The van der Waals surface area contributed by atoms with E-state index in [4.69, 9.17) is 18.9 Å². The Morgan fingerprint density at radius 3 is 2.03 bits per heavy atom. The second kappa shape index (κ2) is 10.9. The summed E-state index contributed by atoms with van der Waals surface area (Å²) in [7, 11) is 4.31. The zero-order valence-corrected chi connectivity index (χ0v) is 18.1. The van der Waals surface area contributed by atoms with Gasteiger partial charge in [-0.15, -0.1) is 0 Å². The van der Waals surface area contributed by atoms with Gasteiger partial charge in [0.15, 0.2) is 17.6 Å². The molecule has 9 nitrogen and oxygen atoms in total. The molecule has 0 radical (unpaired) electrons. The van der Waals surface area contributed by atoms with E-state index < -0.39 is 30.4 Å². The number of anilines is 1. The van der Waals surface area contributed by atoms with Crippen molar-refractivity contribution in [3.8, 4) is 17.2 Å². The van der Waals surface area contributed by atoms with Gasteiger partial charge in [-0.3, -0.25) is 14.4 Å². The molecule has 0 spiro atoms. The van der Waals surface area contributed by atoms with Gasteiger partial charge in [-0.1, -0.05) is 17.7 Å². The molecule has 2 rings (SSSR count). The summed E-state index contributed by atoms with van der Waals surface area (Å²) in [6.07, 6.45) is -1.04. The van der Waals surface area contributed by atoms with Gasteiger partial charge < -0.3 is 29.6 Å². The average Bonchev–Trinajstić information content (AvgIpc) is 2.77. The Labute approximate surface area is 180 Å². The molecule has 9 heteroatoms. The van der Waals surface area contributed by atoms with Crippen LogP contribution in [0.3, 0.4) is 0 Å². The lowest BCUT2D eigenvalue weighted by atomic mass is 10.1. The van der Waals surface area contributed by atoms with E-state index >= 15 is 0 Å². The highest BCUT2D eigenvalue weighted by Crippen LogP contribution is 2.38. The first-order valence-electron chi connectivity index (χ1n) is 9.44. The Balaban J connectivity index is 1.92. The van der Waals surface area contributed by atoms with Gasteiger partial charge in [-0.05, 0) is 38.1 Å². The molecule has 0 bridgehead atoms. The van der Waals surface area contributed by atoms with Crippen molar-refractivity contribution in [1.29, 1.82) is 0 Å². The SMILES string of the molecule is COc1cc(C(=O)NCC(=O)OC(C)C(=O)Nc2ccc(C)cc2)cc(OC)c1OC. The van der Waals surface area contributed by atoms with E-state index in [2.05, 4.69) is 10.6 Å². The molecule has 0 fully saturated rings. The van der Waals surface area contributed by atoms with Gasteiger partial charge in [0.1, 0.15) is 6.54 Å². The first-order chi connectivity index (χ1) is 14.8. The summed E-state index contributed by atoms with van der Waals surface area (Å²) >= 11 is 0. The summed E-state index contributed by atoms with van der Waals surface area (Å²) in [4.78, 5) is 36.7. The van der Waals surface area contributed by atoms with Crippen molar-refractivity contribution in [2.75, 3.05) is 33.2 Å². The third kappa shape index (κ3) is 6.36. The highest BCUT2D eigenvalue weighted by atomic mass is 16.5. The molecule has 0 aliphatic rings. The van der Waals surface area contributed by atoms with E-state index in [0.717, 1.165) is 5.56 Å². The second-order valence-electron chi connectivity index (χ2n) is 6.58. The molecule has 0 saturated heterocycles. The summed E-state index contributed by atoms with van der Waals surface area (Å²) in [6.45, 7) is 2.96. The average molecular weight is 430 g/mol. The molecule has 0 heterocycles. The van der Waals surface area contributed by atoms with Gasteiger partial charge in [-0.2, -0.15) is 0 Å². The molecule has 2 aromatic carbocycles. The zero-order chi connectivity index (χ0) is 23.0. The van der Waals surface area contributed by atoms with E-state index in [1.54, 1.807) is 12.1 Å². The standard InChI is InChI=1S/C22H26N2O7/c1-13-6-8-16(9-7-13)24-21(26)14(2)31-19(25)12-23-22(27)15-10-17(28-3)20(30-5)18(11-15)29-4/h6-11,14H,12H2,1-5H3,(H,23,27)(H,24,26). The topological polar surface area (TPSA) is 112 Å². The van der Waals surface area contributed by atoms with Crippen LogP contribution in [-0.4, -0.2) is 51.8 Å². The van der Waals surface area contributed by atoms with Crippen molar-refractivity contribution in [3.05, 3.63) is 47.5 Å². The number of ether oxygens (including phenoxy) is 4. The van der Waals surface area contributed by atoms with Crippen molar-refractivity contribution >= 4 is 23.5 Å². The molecule has 2 N–H and O–H groups in total. The van der Waals surface area contributed by atoms with Crippen LogP contribution in [-0.2, 0) is 14.3 Å². The number of carbonyl (C=O) groups is 3. The number of rotatable bonds is 9. The van der Waals surface area contributed by atoms with Crippen LogP contribution >= 0.6 is 0 Å². The van der Waals surface area contributed by atoms with Crippen LogP contribution in [0.1, 0.15) is 22.8 Å². The summed E-state index contributed by atoms with van der Waals surface area (Å²) in [5.41, 5.74) is 1.85. The normalized spacial score (nSPS) is 11.1. The van der Waals surface area contributed by atoms with Gasteiger partial charge in [0, 0.05) is 11.3 Å². The maximum Gasteiger partial charge on any atom is 0.326 e. The second-order valence-corrected chi connectivity index (χ2v) is 6.58. The number of hydrogen-bond acceptors (Lipinski definition) is 7. The Kier molecular flexibility index (Phi) is 8.25. The first kappa shape index (κ1) is 23.5. The lowest BCUT2D eigenvalue weighted by Gasteiger charge is -2.15. The number of nitrogens with one attached hydrogen (secondary N) is 2. The molecule has 31 heavy (non-hydrogen) atoms. The van der Waals surface area contributed by atoms with E-state index in [1.165, 1.54) is 40.4 Å². The van der Waals surface area contributed by atoms with Crippen LogP contribution in [0.5, 0.6) is 17.2 Å². The minimum Gasteiger partial charge on any atom is -0.493 e. The molecule has 166 valence electrons. The fourth-order valence-corrected chi connectivity index (χ4v) is 2.64. The quantitative estimate of drug-likeness (QED) is 0.587. The van der Waals surface area contributed by atoms with Gasteiger partial charge in [0.05, 0.1) is 21.3 Å². The van der Waals surface area contributed by atoms with Gasteiger partial charge in [0.2, 0.25) is 5.75 Å². The molecule has 1 unspecified atom stereocenters. The maximum atomic E-state index is 12.4. The zero-order valence-electron chi connectivity index (χ0n) is 18.1. The molecule has 0 aromatic heterocycles. The predicted molar refractivity (Wildman–Crippen MR) is 114 cm³/mol. The molecule has 0 saturated carbocycles. The van der Waals surface area contributed by atoms with Gasteiger partial charge >= 0.3 is 5.97 Å². The van der Waals surface area contributed by atoms with Crippen molar-refractivity contribution < 1.29 is 33.3 Å². The summed E-state index contributed by atoms with van der Waals surface area (Å²) < 4.78 is 20.7. The lowest BCUT2D eigenvalue weighted by molar-refractivity contribution is -0.152. The molecular weight excluding hydrogens is 404 g/mol. The number of methoxy groups -OCH3 is 3. The maximum absolute atomic E-state index is 12.4. The van der Waals surface area contributed by atoms with Crippen LogP contribution < -0.4 is 24.8 Å². The third-order valence-electron chi connectivity index (χ3n) is 4.32. The van der Waals surface area contributed by atoms with Crippen molar-refractivity contribution in [1.82, 2.24) is 5.32 Å².